The van der Waals surface area contributed by atoms with Crippen molar-refractivity contribution in [2.45, 2.75) is 20.1 Å². The zero-order valence-electron chi connectivity index (χ0n) is 15.6. The number of piperazine rings is 1. The topological polar surface area (TPSA) is 55.5 Å². The molecule has 0 amide bonds. The first kappa shape index (κ1) is 19.7. The van der Waals surface area contributed by atoms with E-state index in [1.807, 2.05) is 9.47 Å². The second-order valence-corrected chi connectivity index (χ2v) is 6.93. The number of anilines is 1. The Morgan fingerprint density at radius 2 is 2.04 bits per heavy atom. The number of hydrogen-bond acceptors (Lipinski definition) is 6. The molecule has 3 rings (SSSR count). The number of ketones is 1. The summed E-state index contributed by atoms with van der Waals surface area (Å²) < 4.78 is 23.8. The molecule has 1 saturated heterocycles. The van der Waals surface area contributed by atoms with Crippen LogP contribution < -0.4 is 4.90 Å². The largest absolute Gasteiger partial charge is 0.383 e. The Morgan fingerprint density at radius 3 is 2.67 bits per heavy atom. The molecule has 0 spiro atoms. The summed E-state index contributed by atoms with van der Waals surface area (Å²) in [6.07, 6.45) is 1.73. The number of aromatic nitrogens is 3. The van der Waals surface area contributed by atoms with E-state index in [0.29, 0.717) is 48.9 Å². The smallest absolute Gasteiger partial charge is 0.198 e. The summed E-state index contributed by atoms with van der Waals surface area (Å²) in [4.78, 5) is 15.6. The minimum atomic E-state index is -0.352. The number of nitrogens with zero attached hydrogens (tertiary/aromatic N) is 5. The standard InChI is InChI=1S/C18H24FN5O2S/c1-14(25)15-3-4-17(16(19)11-15)22-7-5-21(6-8-22)13-24-18(27)23(12-20-24)9-10-26-2/h3-4,11-12H,5-10,13H2,1-2H3. The van der Waals surface area contributed by atoms with Crippen LogP contribution in [0.5, 0.6) is 0 Å². The Bertz CT molecular complexity index is 858. The van der Waals surface area contributed by atoms with Crippen LogP contribution in [-0.4, -0.2) is 64.9 Å². The second-order valence-electron chi connectivity index (χ2n) is 6.57. The number of halogens is 1. The monoisotopic (exact) mass is 393 g/mol. The fourth-order valence-electron chi connectivity index (χ4n) is 3.11. The van der Waals surface area contributed by atoms with Gasteiger partial charge in [0.25, 0.3) is 0 Å². The molecular weight excluding hydrogens is 369 g/mol. The van der Waals surface area contributed by atoms with Gasteiger partial charge in [0.15, 0.2) is 10.6 Å². The van der Waals surface area contributed by atoms with E-state index < -0.39 is 0 Å². The van der Waals surface area contributed by atoms with Crippen molar-refractivity contribution in [2.75, 3.05) is 44.8 Å². The van der Waals surface area contributed by atoms with Crippen molar-refractivity contribution in [3.05, 3.63) is 40.7 Å². The lowest BCUT2D eigenvalue weighted by Gasteiger charge is -2.36. The van der Waals surface area contributed by atoms with Crippen molar-refractivity contribution in [3.63, 3.8) is 0 Å². The lowest BCUT2D eigenvalue weighted by atomic mass is 10.1. The van der Waals surface area contributed by atoms with Gasteiger partial charge in [0.1, 0.15) is 12.1 Å². The Balaban J connectivity index is 1.59. The third kappa shape index (κ3) is 4.60. The molecule has 0 radical (unpaired) electrons. The van der Waals surface area contributed by atoms with Crippen molar-refractivity contribution in [1.29, 1.82) is 0 Å². The highest BCUT2D eigenvalue weighted by molar-refractivity contribution is 7.71. The maximum Gasteiger partial charge on any atom is 0.198 e. The third-order valence-corrected chi connectivity index (χ3v) is 5.18. The summed E-state index contributed by atoms with van der Waals surface area (Å²) in [5.74, 6) is -0.484. The van der Waals surface area contributed by atoms with Gasteiger partial charge in [-0.2, -0.15) is 5.10 Å². The number of ether oxygens (including phenoxy) is 1. The van der Waals surface area contributed by atoms with Crippen LogP contribution in [-0.2, 0) is 18.0 Å². The molecule has 0 aliphatic carbocycles. The van der Waals surface area contributed by atoms with E-state index in [4.69, 9.17) is 17.0 Å². The molecule has 7 nitrogen and oxygen atoms in total. The first-order chi connectivity index (χ1) is 13.0. The molecule has 1 aromatic heterocycles. The molecule has 0 unspecified atom stereocenters. The van der Waals surface area contributed by atoms with Crippen molar-refractivity contribution in [2.24, 2.45) is 0 Å². The van der Waals surface area contributed by atoms with Crippen LogP contribution in [0.3, 0.4) is 0 Å². The fraction of sp³-hybridized carbons (Fsp3) is 0.500. The van der Waals surface area contributed by atoms with Crippen LogP contribution in [0.4, 0.5) is 10.1 Å². The van der Waals surface area contributed by atoms with Gasteiger partial charge in [0.05, 0.1) is 19.0 Å². The highest BCUT2D eigenvalue weighted by Gasteiger charge is 2.20. The average molecular weight is 393 g/mol. The molecule has 1 aliphatic heterocycles. The molecule has 1 fully saturated rings. The zero-order chi connectivity index (χ0) is 19.4. The highest BCUT2D eigenvalue weighted by atomic mass is 32.1. The van der Waals surface area contributed by atoms with E-state index >= 15 is 0 Å². The molecule has 2 heterocycles. The Hall–Kier alpha value is -2.10. The number of methoxy groups -OCH3 is 1. The van der Waals surface area contributed by atoms with Crippen molar-refractivity contribution in [1.82, 2.24) is 19.2 Å². The lowest BCUT2D eigenvalue weighted by Crippen LogP contribution is -2.47. The molecule has 27 heavy (non-hydrogen) atoms. The molecule has 2 aromatic rings. The van der Waals surface area contributed by atoms with Gasteiger partial charge in [0.2, 0.25) is 0 Å². The molecule has 0 N–H and O–H groups in total. The van der Waals surface area contributed by atoms with Crippen LogP contribution in [0.2, 0.25) is 0 Å². The van der Waals surface area contributed by atoms with Crippen LogP contribution >= 0.6 is 12.2 Å². The fourth-order valence-corrected chi connectivity index (χ4v) is 3.36. The number of hydrogen-bond donors (Lipinski definition) is 0. The van der Waals surface area contributed by atoms with Gasteiger partial charge >= 0.3 is 0 Å². The van der Waals surface area contributed by atoms with Gasteiger partial charge in [-0.1, -0.05) is 0 Å². The molecule has 0 saturated carbocycles. The summed E-state index contributed by atoms with van der Waals surface area (Å²) >= 11 is 5.45. The lowest BCUT2D eigenvalue weighted by molar-refractivity contribution is 0.101. The Kier molecular flexibility index (Phi) is 6.35. The highest BCUT2D eigenvalue weighted by Crippen LogP contribution is 2.22. The second kappa shape index (κ2) is 8.73. The first-order valence-electron chi connectivity index (χ1n) is 8.88. The molecule has 1 aromatic carbocycles. The number of benzene rings is 1. The van der Waals surface area contributed by atoms with E-state index in [-0.39, 0.29) is 11.6 Å². The van der Waals surface area contributed by atoms with Crippen LogP contribution in [0.15, 0.2) is 24.5 Å². The van der Waals surface area contributed by atoms with Crippen LogP contribution in [0.25, 0.3) is 0 Å². The first-order valence-corrected chi connectivity index (χ1v) is 9.29. The normalized spacial score (nSPS) is 15.3. The Labute approximate surface area is 162 Å². The van der Waals surface area contributed by atoms with Gasteiger partial charge in [-0.15, -0.1) is 0 Å². The van der Waals surface area contributed by atoms with E-state index in [1.165, 1.54) is 13.0 Å². The predicted octanol–water partition coefficient (Wildman–Crippen LogP) is 2.18. The summed E-state index contributed by atoms with van der Waals surface area (Å²) in [6, 6.07) is 4.68. The van der Waals surface area contributed by atoms with Gasteiger partial charge in [-0.05, 0) is 37.3 Å². The number of carbonyl (C=O) groups excluding carboxylic acids is 1. The molecule has 1 aliphatic rings. The molecule has 0 atom stereocenters. The predicted molar refractivity (Wildman–Crippen MR) is 103 cm³/mol. The minimum absolute atomic E-state index is 0.132. The quantitative estimate of drug-likeness (QED) is 0.531. The van der Waals surface area contributed by atoms with E-state index in [1.54, 1.807) is 30.3 Å². The number of rotatable bonds is 7. The van der Waals surface area contributed by atoms with E-state index in [9.17, 15) is 9.18 Å². The maximum absolute atomic E-state index is 14.3. The van der Waals surface area contributed by atoms with Gasteiger partial charge in [-0.25, -0.2) is 9.07 Å². The van der Waals surface area contributed by atoms with Gasteiger partial charge in [-0.3, -0.25) is 9.69 Å². The van der Waals surface area contributed by atoms with Gasteiger partial charge in [0, 0.05) is 45.4 Å². The van der Waals surface area contributed by atoms with E-state index in [0.717, 1.165) is 13.1 Å². The van der Waals surface area contributed by atoms with Crippen molar-refractivity contribution in [3.8, 4) is 0 Å². The molecular formula is C18H24FN5O2S. The summed E-state index contributed by atoms with van der Waals surface area (Å²) in [7, 11) is 1.66. The third-order valence-electron chi connectivity index (χ3n) is 4.73. The summed E-state index contributed by atoms with van der Waals surface area (Å²) in [6.45, 7) is 6.28. The minimum Gasteiger partial charge on any atom is -0.383 e. The zero-order valence-corrected chi connectivity index (χ0v) is 16.4. The number of Topliss-reactive ketones (excluding diaryl/α,β-unsaturated/α-hetero) is 1. The molecule has 9 heteroatoms. The number of carbonyl (C=O) groups is 1. The molecule has 0 bridgehead atoms. The van der Waals surface area contributed by atoms with Crippen LogP contribution in [0.1, 0.15) is 17.3 Å². The molecule has 146 valence electrons. The van der Waals surface area contributed by atoms with E-state index in [2.05, 4.69) is 10.00 Å². The maximum atomic E-state index is 14.3. The van der Waals surface area contributed by atoms with Crippen molar-refractivity contribution >= 4 is 23.7 Å². The van der Waals surface area contributed by atoms with Crippen LogP contribution in [0, 0.1) is 10.6 Å². The SMILES string of the molecule is COCCn1cnn(CN2CCN(c3ccc(C(C)=O)cc3F)CC2)c1=S. The summed E-state index contributed by atoms with van der Waals surface area (Å²) in [5.41, 5.74) is 0.938. The average Bonchev–Trinajstić information content (AvgIpc) is 3.00. The summed E-state index contributed by atoms with van der Waals surface area (Å²) in [5, 5.41) is 4.35. The Morgan fingerprint density at radius 1 is 1.30 bits per heavy atom. The van der Waals surface area contributed by atoms with Crippen molar-refractivity contribution < 1.29 is 13.9 Å². The van der Waals surface area contributed by atoms with Gasteiger partial charge < -0.3 is 14.2 Å².